The van der Waals surface area contributed by atoms with Crippen LogP contribution in [0.25, 0.3) is 0 Å². The third-order valence-electron chi connectivity index (χ3n) is 4.06. The molecule has 0 bridgehead atoms. The molecule has 1 heterocycles. The number of benzene rings is 1. The first-order valence-corrected chi connectivity index (χ1v) is 8.57. The van der Waals surface area contributed by atoms with Gasteiger partial charge in [0.1, 0.15) is 11.8 Å². The van der Waals surface area contributed by atoms with Crippen LogP contribution in [-0.2, 0) is 14.4 Å². The van der Waals surface area contributed by atoms with Gasteiger partial charge in [0.05, 0.1) is 12.5 Å². The van der Waals surface area contributed by atoms with Crippen molar-refractivity contribution in [2.75, 3.05) is 24.6 Å². The lowest BCUT2D eigenvalue weighted by Gasteiger charge is -2.18. The van der Waals surface area contributed by atoms with Crippen molar-refractivity contribution in [1.82, 2.24) is 10.6 Å². The quantitative estimate of drug-likeness (QED) is 0.773. The summed E-state index contributed by atoms with van der Waals surface area (Å²) in [6, 6.07) is 6.59. The van der Waals surface area contributed by atoms with E-state index < -0.39 is 12.0 Å². The van der Waals surface area contributed by atoms with E-state index in [-0.39, 0.29) is 24.1 Å². The molecular weight excluding hydrogens is 322 g/mol. The van der Waals surface area contributed by atoms with Gasteiger partial charge >= 0.3 is 0 Å². The summed E-state index contributed by atoms with van der Waals surface area (Å²) in [5.74, 6) is -0.335. The third-order valence-corrected chi connectivity index (χ3v) is 4.06. The zero-order valence-electron chi connectivity index (χ0n) is 14.9. The van der Waals surface area contributed by atoms with Gasteiger partial charge in [-0.05, 0) is 45.0 Å². The van der Waals surface area contributed by atoms with Gasteiger partial charge in [0.2, 0.25) is 17.7 Å². The molecule has 136 valence electrons. The number of carbonyl (C=O) groups is 3. The van der Waals surface area contributed by atoms with Crippen LogP contribution in [0.5, 0.6) is 5.75 Å². The molecule has 0 aliphatic carbocycles. The van der Waals surface area contributed by atoms with Gasteiger partial charge in [0.25, 0.3) is 0 Å². The highest BCUT2D eigenvalue weighted by atomic mass is 16.5. The van der Waals surface area contributed by atoms with Crippen LogP contribution in [0.2, 0.25) is 0 Å². The van der Waals surface area contributed by atoms with Gasteiger partial charge in [-0.1, -0.05) is 0 Å². The summed E-state index contributed by atoms with van der Waals surface area (Å²) in [4.78, 5) is 37.9. The van der Waals surface area contributed by atoms with Crippen molar-refractivity contribution >= 4 is 23.4 Å². The highest BCUT2D eigenvalue weighted by molar-refractivity contribution is 6.01. The number of nitrogens with one attached hydrogen (secondary N) is 2. The Morgan fingerprint density at radius 2 is 1.96 bits per heavy atom. The molecule has 1 saturated heterocycles. The average molecular weight is 347 g/mol. The molecule has 1 aromatic rings. The number of rotatable bonds is 7. The normalized spacial score (nSPS) is 18.0. The molecule has 25 heavy (non-hydrogen) atoms. The van der Waals surface area contributed by atoms with Crippen LogP contribution in [0.3, 0.4) is 0 Å². The van der Waals surface area contributed by atoms with E-state index in [0.29, 0.717) is 19.7 Å². The van der Waals surface area contributed by atoms with Gasteiger partial charge in [-0.2, -0.15) is 0 Å². The number of hydrogen-bond acceptors (Lipinski definition) is 4. The molecule has 0 aromatic heterocycles. The van der Waals surface area contributed by atoms with Crippen molar-refractivity contribution in [2.45, 2.75) is 33.2 Å². The van der Waals surface area contributed by atoms with E-state index in [0.717, 1.165) is 11.4 Å². The first-order chi connectivity index (χ1) is 12.0. The summed E-state index contributed by atoms with van der Waals surface area (Å²) < 4.78 is 5.39. The van der Waals surface area contributed by atoms with Crippen LogP contribution in [0.1, 0.15) is 27.2 Å². The van der Waals surface area contributed by atoms with Crippen molar-refractivity contribution in [3.8, 4) is 5.75 Å². The molecule has 7 heteroatoms. The summed E-state index contributed by atoms with van der Waals surface area (Å²) in [6.07, 6.45) is 0.140. The smallest absolute Gasteiger partial charge is 0.242 e. The minimum absolute atomic E-state index is 0.102. The zero-order valence-corrected chi connectivity index (χ0v) is 14.9. The number of nitrogens with zero attached hydrogens (tertiary/aromatic N) is 1. The van der Waals surface area contributed by atoms with E-state index in [1.165, 1.54) is 0 Å². The number of hydrogen-bond donors (Lipinski definition) is 2. The number of likely N-dealkylation sites (N-methyl/N-ethyl adjacent to an activating group) is 1. The fourth-order valence-electron chi connectivity index (χ4n) is 2.75. The molecule has 1 aliphatic rings. The third kappa shape index (κ3) is 4.71. The predicted molar refractivity (Wildman–Crippen MR) is 94.4 cm³/mol. The summed E-state index contributed by atoms with van der Waals surface area (Å²) in [5.41, 5.74) is 0.737. The van der Waals surface area contributed by atoms with Crippen LogP contribution >= 0.6 is 0 Å². The van der Waals surface area contributed by atoms with Crippen molar-refractivity contribution in [3.63, 3.8) is 0 Å². The molecule has 1 aromatic carbocycles. The minimum atomic E-state index is -0.623. The van der Waals surface area contributed by atoms with E-state index in [9.17, 15) is 14.4 Å². The molecule has 1 fully saturated rings. The van der Waals surface area contributed by atoms with Crippen LogP contribution in [0.15, 0.2) is 24.3 Å². The Morgan fingerprint density at radius 3 is 2.56 bits per heavy atom. The Balaban J connectivity index is 1.97. The monoisotopic (exact) mass is 347 g/mol. The fourth-order valence-corrected chi connectivity index (χ4v) is 2.75. The molecule has 0 saturated carbocycles. The van der Waals surface area contributed by atoms with Crippen LogP contribution < -0.4 is 20.3 Å². The maximum absolute atomic E-state index is 12.3. The minimum Gasteiger partial charge on any atom is -0.494 e. The fraction of sp³-hybridized carbons (Fsp3) is 0.500. The predicted octanol–water partition coefficient (Wildman–Crippen LogP) is 1.08. The topological polar surface area (TPSA) is 87.7 Å². The van der Waals surface area contributed by atoms with Crippen molar-refractivity contribution < 1.29 is 19.1 Å². The molecule has 7 nitrogen and oxygen atoms in total. The maximum atomic E-state index is 12.3. The molecule has 3 amide bonds. The summed E-state index contributed by atoms with van der Waals surface area (Å²) >= 11 is 0. The average Bonchev–Trinajstić information content (AvgIpc) is 2.98. The lowest BCUT2D eigenvalue weighted by Crippen LogP contribution is -2.47. The molecule has 2 rings (SSSR count). The van der Waals surface area contributed by atoms with E-state index in [2.05, 4.69) is 10.6 Å². The molecule has 2 N–H and O–H groups in total. The summed E-state index contributed by atoms with van der Waals surface area (Å²) in [7, 11) is 0. The van der Waals surface area contributed by atoms with Gasteiger partial charge in [-0.15, -0.1) is 0 Å². The second-order valence-electron chi connectivity index (χ2n) is 5.96. The molecule has 0 radical (unpaired) electrons. The largest absolute Gasteiger partial charge is 0.494 e. The maximum Gasteiger partial charge on any atom is 0.242 e. The first kappa shape index (κ1) is 18.8. The zero-order chi connectivity index (χ0) is 18.4. The summed E-state index contributed by atoms with van der Waals surface area (Å²) in [6.45, 7) is 6.74. The lowest BCUT2D eigenvalue weighted by atomic mass is 10.1. The molecule has 0 spiro atoms. The van der Waals surface area contributed by atoms with E-state index >= 15 is 0 Å². The Kier molecular flexibility index (Phi) is 6.38. The van der Waals surface area contributed by atoms with Gasteiger partial charge < -0.3 is 20.3 Å². The number of amides is 3. The van der Waals surface area contributed by atoms with E-state index in [4.69, 9.17) is 4.74 Å². The van der Waals surface area contributed by atoms with Crippen LogP contribution in [0.4, 0.5) is 5.69 Å². The Morgan fingerprint density at radius 1 is 1.28 bits per heavy atom. The molecular formula is C18H25N3O4. The van der Waals surface area contributed by atoms with E-state index in [1.807, 2.05) is 13.8 Å². The number of anilines is 1. The second-order valence-corrected chi connectivity index (χ2v) is 5.96. The Bertz CT molecular complexity index is 630. The lowest BCUT2D eigenvalue weighted by molar-refractivity contribution is -0.130. The number of carbonyl (C=O) groups excluding carboxylic acids is 3. The Labute approximate surface area is 147 Å². The van der Waals surface area contributed by atoms with Crippen molar-refractivity contribution in [1.29, 1.82) is 0 Å². The number of ether oxygens (including phenoxy) is 1. The van der Waals surface area contributed by atoms with Gasteiger partial charge in [0.15, 0.2) is 0 Å². The first-order valence-electron chi connectivity index (χ1n) is 8.57. The highest BCUT2D eigenvalue weighted by Crippen LogP contribution is 2.27. The van der Waals surface area contributed by atoms with Gasteiger partial charge in [0, 0.05) is 25.2 Å². The van der Waals surface area contributed by atoms with Gasteiger partial charge in [-0.25, -0.2) is 0 Å². The standard InChI is InChI=1S/C18H25N3O4/c1-4-19-17(23)12(3)20-18(24)13-10-16(22)21(11-13)14-6-8-15(9-7-14)25-5-2/h6-9,12-13H,4-5,10-11H2,1-3H3,(H,19,23)(H,20,24). The Hall–Kier alpha value is -2.57. The van der Waals surface area contributed by atoms with Crippen LogP contribution in [-0.4, -0.2) is 43.5 Å². The molecule has 1 aliphatic heterocycles. The highest BCUT2D eigenvalue weighted by Gasteiger charge is 2.35. The second kappa shape index (κ2) is 8.50. The van der Waals surface area contributed by atoms with Crippen LogP contribution in [0, 0.1) is 5.92 Å². The summed E-state index contributed by atoms with van der Waals surface area (Å²) in [5, 5.41) is 5.33. The van der Waals surface area contributed by atoms with E-state index in [1.54, 1.807) is 36.1 Å². The SMILES string of the molecule is CCNC(=O)C(C)NC(=O)C1CC(=O)N(c2ccc(OCC)cc2)C1. The van der Waals surface area contributed by atoms with Crippen molar-refractivity contribution in [2.24, 2.45) is 5.92 Å². The molecule has 2 unspecified atom stereocenters. The van der Waals surface area contributed by atoms with Gasteiger partial charge in [-0.3, -0.25) is 14.4 Å². The molecule has 2 atom stereocenters. The van der Waals surface area contributed by atoms with Crippen molar-refractivity contribution in [3.05, 3.63) is 24.3 Å².